The van der Waals surface area contributed by atoms with Gasteiger partial charge >= 0.3 is 0 Å². The molecule has 1 saturated heterocycles. The Bertz CT molecular complexity index is 792. The van der Waals surface area contributed by atoms with Gasteiger partial charge in [-0.3, -0.25) is 4.90 Å². The van der Waals surface area contributed by atoms with Crippen LogP contribution in [0.5, 0.6) is 0 Å². The van der Waals surface area contributed by atoms with E-state index < -0.39 is 0 Å². The molecule has 2 heterocycles. The number of benzene rings is 3. The van der Waals surface area contributed by atoms with Crippen molar-refractivity contribution in [1.29, 1.82) is 0 Å². The minimum absolute atomic E-state index is 0.769. The van der Waals surface area contributed by atoms with Gasteiger partial charge in [0.15, 0.2) is 0 Å². The molecule has 2 aliphatic rings. The van der Waals surface area contributed by atoms with E-state index in [-0.39, 0.29) is 0 Å². The first-order chi connectivity index (χ1) is 10.9. The van der Waals surface area contributed by atoms with E-state index >= 15 is 0 Å². The molecule has 3 aromatic carbocycles. The van der Waals surface area contributed by atoms with E-state index in [2.05, 4.69) is 53.4 Å². The van der Waals surface area contributed by atoms with Crippen LogP contribution in [0.3, 0.4) is 0 Å². The molecule has 0 bridgehead atoms. The van der Waals surface area contributed by atoms with Crippen molar-refractivity contribution < 1.29 is 0 Å². The molecule has 3 aromatic rings. The van der Waals surface area contributed by atoms with Crippen molar-refractivity contribution in [3.63, 3.8) is 0 Å². The summed E-state index contributed by atoms with van der Waals surface area (Å²) in [7, 11) is 0. The Morgan fingerprint density at radius 3 is 2.09 bits per heavy atom. The molecular formula is C21H21N. The van der Waals surface area contributed by atoms with Gasteiger partial charge in [-0.1, -0.05) is 55.0 Å². The molecule has 0 spiro atoms. The van der Waals surface area contributed by atoms with Gasteiger partial charge in [0, 0.05) is 12.6 Å². The first-order valence-electron chi connectivity index (χ1n) is 8.57. The van der Waals surface area contributed by atoms with Crippen LogP contribution in [0.25, 0.3) is 21.5 Å². The summed E-state index contributed by atoms with van der Waals surface area (Å²) in [5.74, 6) is 0. The number of fused-ring (bicyclic) bond motifs is 7. The second kappa shape index (κ2) is 4.82. The molecule has 0 saturated carbocycles. The summed E-state index contributed by atoms with van der Waals surface area (Å²) in [6, 6.07) is 18.8. The summed E-state index contributed by atoms with van der Waals surface area (Å²) in [5.41, 5.74) is 3.21. The second-order valence-electron chi connectivity index (χ2n) is 6.87. The fourth-order valence-electron chi connectivity index (χ4n) is 4.64. The number of hydrogen-bond acceptors (Lipinski definition) is 1. The summed E-state index contributed by atoms with van der Waals surface area (Å²) in [6.07, 6.45) is 5.39. The minimum Gasteiger partial charge on any atom is -0.296 e. The van der Waals surface area contributed by atoms with E-state index in [0.717, 1.165) is 12.6 Å². The quantitative estimate of drug-likeness (QED) is 0.531. The molecule has 0 amide bonds. The van der Waals surface area contributed by atoms with Crippen molar-refractivity contribution >= 4 is 21.5 Å². The zero-order valence-electron chi connectivity index (χ0n) is 12.9. The van der Waals surface area contributed by atoms with Crippen molar-refractivity contribution in [2.45, 2.75) is 38.3 Å². The third kappa shape index (κ3) is 1.75. The van der Waals surface area contributed by atoms with Crippen LogP contribution in [0, 0.1) is 0 Å². The van der Waals surface area contributed by atoms with Crippen LogP contribution in [-0.2, 0) is 13.0 Å². The maximum atomic E-state index is 2.73. The van der Waals surface area contributed by atoms with Crippen LogP contribution in [0.4, 0.5) is 0 Å². The normalized spacial score (nSPS) is 21.7. The van der Waals surface area contributed by atoms with E-state index in [1.165, 1.54) is 53.8 Å². The summed E-state index contributed by atoms with van der Waals surface area (Å²) in [5, 5.41) is 5.81. The van der Waals surface area contributed by atoms with Crippen LogP contribution in [-0.4, -0.2) is 17.5 Å². The maximum Gasteiger partial charge on any atom is 0.0245 e. The molecule has 1 fully saturated rings. The summed E-state index contributed by atoms with van der Waals surface area (Å²) >= 11 is 0. The van der Waals surface area contributed by atoms with E-state index in [0.29, 0.717) is 0 Å². The minimum atomic E-state index is 0.769. The molecular weight excluding hydrogens is 266 g/mol. The summed E-state index contributed by atoms with van der Waals surface area (Å²) in [4.78, 5) is 2.73. The van der Waals surface area contributed by atoms with Gasteiger partial charge in [-0.25, -0.2) is 0 Å². The first-order valence-corrected chi connectivity index (χ1v) is 8.57. The van der Waals surface area contributed by atoms with Crippen LogP contribution in [0.1, 0.15) is 30.4 Å². The van der Waals surface area contributed by atoms with Crippen LogP contribution >= 0.6 is 0 Å². The number of rotatable bonds is 0. The average Bonchev–Trinajstić information content (AvgIpc) is 2.61. The fraction of sp³-hybridized carbons (Fsp3) is 0.333. The van der Waals surface area contributed by atoms with Crippen molar-refractivity contribution in [1.82, 2.24) is 4.90 Å². The lowest BCUT2D eigenvalue weighted by Crippen LogP contribution is -2.43. The molecule has 1 heteroatoms. The Morgan fingerprint density at radius 1 is 0.727 bits per heavy atom. The van der Waals surface area contributed by atoms with Gasteiger partial charge in [0.1, 0.15) is 0 Å². The molecule has 0 aromatic heterocycles. The smallest absolute Gasteiger partial charge is 0.0245 e. The Kier molecular flexibility index (Phi) is 2.78. The lowest BCUT2D eigenvalue weighted by atomic mass is 9.83. The van der Waals surface area contributed by atoms with Crippen LogP contribution in [0.15, 0.2) is 48.5 Å². The molecule has 1 nitrogen and oxygen atoms in total. The number of hydrogen-bond donors (Lipinski definition) is 0. The maximum absolute atomic E-state index is 2.73. The number of piperidine rings is 1. The monoisotopic (exact) mass is 287 g/mol. The van der Waals surface area contributed by atoms with Gasteiger partial charge in [-0.15, -0.1) is 0 Å². The Balaban J connectivity index is 1.85. The average molecular weight is 287 g/mol. The number of nitrogens with zero attached hydrogens (tertiary/aromatic N) is 1. The van der Waals surface area contributed by atoms with Crippen molar-refractivity contribution in [2.24, 2.45) is 0 Å². The molecule has 110 valence electrons. The highest BCUT2D eigenvalue weighted by atomic mass is 15.2. The van der Waals surface area contributed by atoms with Gasteiger partial charge in [-0.05, 0) is 58.5 Å². The molecule has 1 unspecified atom stereocenters. The molecule has 0 radical (unpaired) electrons. The molecule has 22 heavy (non-hydrogen) atoms. The first kappa shape index (κ1) is 12.7. The molecule has 1 atom stereocenters. The van der Waals surface area contributed by atoms with Gasteiger partial charge in [-0.2, -0.15) is 0 Å². The van der Waals surface area contributed by atoms with E-state index in [1.54, 1.807) is 11.1 Å². The predicted octanol–water partition coefficient (Wildman–Crippen LogP) is 4.90. The molecule has 5 rings (SSSR count). The zero-order valence-corrected chi connectivity index (χ0v) is 12.9. The van der Waals surface area contributed by atoms with Crippen molar-refractivity contribution in [3.8, 4) is 0 Å². The van der Waals surface area contributed by atoms with Crippen molar-refractivity contribution in [3.05, 3.63) is 59.7 Å². The van der Waals surface area contributed by atoms with E-state index in [4.69, 9.17) is 0 Å². The second-order valence-corrected chi connectivity index (χ2v) is 6.87. The third-order valence-corrected chi connectivity index (χ3v) is 5.71. The molecule has 0 N–H and O–H groups in total. The van der Waals surface area contributed by atoms with Gasteiger partial charge < -0.3 is 0 Å². The van der Waals surface area contributed by atoms with E-state index in [1.807, 2.05) is 0 Å². The molecule has 0 aliphatic carbocycles. The highest BCUT2D eigenvalue weighted by Gasteiger charge is 2.30. The summed E-state index contributed by atoms with van der Waals surface area (Å²) in [6.45, 7) is 2.43. The van der Waals surface area contributed by atoms with E-state index in [9.17, 15) is 0 Å². The molecule has 2 aliphatic heterocycles. The third-order valence-electron chi connectivity index (χ3n) is 5.71. The Labute approximate surface area is 131 Å². The van der Waals surface area contributed by atoms with Gasteiger partial charge in [0.2, 0.25) is 0 Å². The fourth-order valence-corrected chi connectivity index (χ4v) is 4.64. The van der Waals surface area contributed by atoms with Crippen LogP contribution < -0.4 is 0 Å². The van der Waals surface area contributed by atoms with Crippen molar-refractivity contribution in [2.75, 3.05) is 6.54 Å². The lowest BCUT2D eigenvalue weighted by molar-refractivity contribution is 0.128. The van der Waals surface area contributed by atoms with Crippen LogP contribution in [0.2, 0.25) is 0 Å². The highest BCUT2D eigenvalue weighted by Crippen LogP contribution is 2.39. The standard InChI is InChI=1S/C21H21N/c1-3-10-18-16(8-1)17-9-2-4-11-19(17)21-14-22-12-6-5-7-15(22)13-20(18)21/h1-4,8-11,15H,5-7,12-14H2. The SMILES string of the molecule is c1ccc2c(c1)c1c(c3ccccc32)CN2CCCCC2C1. The van der Waals surface area contributed by atoms with Gasteiger partial charge in [0.05, 0.1) is 0 Å². The topological polar surface area (TPSA) is 3.24 Å². The van der Waals surface area contributed by atoms with Gasteiger partial charge in [0.25, 0.3) is 0 Å². The predicted molar refractivity (Wildman–Crippen MR) is 93.2 cm³/mol. The Hall–Kier alpha value is -1.86. The Morgan fingerprint density at radius 2 is 1.36 bits per heavy atom. The highest BCUT2D eigenvalue weighted by molar-refractivity contribution is 6.10. The zero-order chi connectivity index (χ0) is 14.5. The summed E-state index contributed by atoms with van der Waals surface area (Å²) < 4.78 is 0. The largest absolute Gasteiger partial charge is 0.296 e. The lowest BCUT2D eigenvalue weighted by Gasteiger charge is -2.41.